The first kappa shape index (κ1) is 9.43. The number of rotatable bonds is 0. The van der Waals surface area contributed by atoms with Crippen LogP contribution >= 0.6 is 0 Å². The van der Waals surface area contributed by atoms with E-state index in [0.29, 0.717) is 6.07 Å². The highest BCUT2D eigenvalue weighted by Crippen LogP contribution is 2.28. The molecule has 1 heterocycles. The van der Waals surface area contributed by atoms with Crippen LogP contribution in [0.3, 0.4) is 0 Å². The average Bonchev–Trinajstić information content (AvgIpc) is 1.97. The van der Waals surface area contributed by atoms with Gasteiger partial charge in [-0.05, 0) is 6.07 Å². The van der Waals surface area contributed by atoms with Crippen molar-refractivity contribution in [2.24, 2.45) is 0 Å². The van der Waals surface area contributed by atoms with E-state index in [4.69, 9.17) is 11.5 Å². The molecular weight excluding hydrogens is 187 g/mol. The Morgan fingerprint density at radius 1 is 1.31 bits per heavy atom. The fourth-order valence-corrected chi connectivity index (χ4v) is 0.743. The van der Waals surface area contributed by atoms with E-state index in [1.165, 1.54) is 0 Å². The molecular formula is C6H6F3N3O. The van der Waals surface area contributed by atoms with Crippen LogP contribution in [0.5, 0.6) is 0 Å². The van der Waals surface area contributed by atoms with Crippen LogP contribution < -0.4 is 17.0 Å². The molecule has 0 fully saturated rings. The Labute approximate surface area is 70.4 Å². The molecule has 0 aromatic carbocycles. The molecule has 0 radical (unpaired) electrons. The van der Waals surface area contributed by atoms with Crippen LogP contribution in [0, 0.1) is 0 Å². The maximum absolute atomic E-state index is 12.0. The van der Waals surface area contributed by atoms with E-state index in [-0.39, 0.29) is 5.69 Å². The summed E-state index contributed by atoms with van der Waals surface area (Å²) in [5.41, 5.74) is 7.10. The molecule has 5 N–H and O–H groups in total. The zero-order valence-corrected chi connectivity index (χ0v) is 6.27. The van der Waals surface area contributed by atoms with Gasteiger partial charge < -0.3 is 16.5 Å². The first-order valence-electron chi connectivity index (χ1n) is 3.18. The second kappa shape index (κ2) is 2.68. The SMILES string of the molecule is Nc1cc(C(F)(F)F)[nH]c(=O)c1N. The lowest BCUT2D eigenvalue weighted by Crippen LogP contribution is -2.20. The Morgan fingerprint density at radius 2 is 1.85 bits per heavy atom. The van der Waals surface area contributed by atoms with Gasteiger partial charge in [-0.2, -0.15) is 13.2 Å². The van der Waals surface area contributed by atoms with Crippen LogP contribution in [0.1, 0.15) is 5.69 Å². The summed E-state index contributed by atoms with van der Waals surface area (Å²) in [6, 6.07) is 0.580. The molecule has 0 aliphatic rings. The first-order chi connectivity index (χ1) is 5.82. The fourth-order valence-electron chi connectivity index (χ4n) is 0.743. The molecule has 72 valence electrons. The number of nitrogens with one attached hydrogen (secondary N) is 1. The summed E-state index contributed by atoms with van der Waals surface area (Å²) in [4.78, 5) is 12.3. The quantitative estimate of drug-likeness (QED) is 0.562. The zero-order chi connectivity index (χ0) is 10.2. The number of nitrogens with two attached hydrogens (primary N) is 2. The molecule has 0 aliphatic heterocycles. The van der Waals surface area contributed by atoms with Crippen molar-refractivity contribution >= 4 is 11.4 Å². The number of anilines is 2. The van der Waals surface area contributed by atoms with Crippen LogP contribution in [0.25, 0.3) is 0 Å². The molecule has 0 atom stereocenters. The predicted molar refractivity (Wildman–Crippen MR) is 40.9 cm³/mol. The minimum Gasteiger partial charge on any atom is -0.397 e. The van der Waals surface area contributed by atoms with Crippen LogP contribution in [-0.2, 0) is 6.18 Å². The Morgan fingerprint density at radius 3 is 2.23 bits per heavy atom. The van der Waals surface area contributed by atoms with Crippen molar-refractivity contribution in [3.8, 4) is 0 Å². The minimum atomic E-state index is -4.62. The molecule has 0 saturated carbocycles. The number of pyridine rings is 1. The molecule has 13 heavy (non-hydrogen) atoms. The molecule has 1 rings (SSSR count). The Hall–Kier alpha value is -1.66. The highest BCUT2D eigenvalue weighted by Gasteiger charge is 2.32. The Balaban J connectivity index is 3.38. The molecule has 7 heteroatoms. The van der Waals surface area contributed by atoms with E-state index in [1.54, 1.807) is 4.98 Å². The van der Waals surface area contributed by atoms with Gasteiger partial charge in [-0.25, -0.2) is 0 Å². The van der Waals surface area contributed by atoms with Gasteiger partial charge in [0.15, 0.2) is 0 Å². The molecule has 0 aliphatic carbocycles. The van der Waals surface area contributed by atoms with Gasteiger partial charge in [0.05, 0.1) is 5.69 Å². The lowest BCUT2D eigenvalue weighted by molar-refractivity contribution is -0.141. The highest BCUT2D eigenvalue weighted by atomic mass is 19.4. The van der Waals surface area contributed by atoms with Crippen LogP contribution in [0.4, 0.5) is 24.5 Å². The molecule has 0 amide bonds. The van der Waals surface area contributed by atoms with Gasteiger partial charge in [0.2, 0.25) is 0 Å². The van der Waals surface area contributed by atoms with Crippen LogP contribution in [0.2, 0.25) is 0 Å². The van der Waals surface area contributed by atoms with Crippen LogP contribution in [0.15, 0.2) is 10.9 Å². The van der Waals surface area contributed by atoms with E-state index in [9.17, 15) is 18.0 Å². The van der Waals surface area contributed by atoms with Crippen molar-refractivity contribution < 1.29 is 13.2 Å². The van der Waals surface area contributed by atoms with E-state index in [1.807, 2.05) is 0 Å². The topological polar surface area (TPSA) is 84.9 Å². The second-order valence-corrected chi connectivity index (χ2v) is 2.38. The number of aromatic amines is 1. The fraction of sp³-hybridized carbons (Fsp3) is 0.167. The van der Waals surface area contributed by atoms with E-state index < -0.39 is 23.1 Å². The van der Waals surface area contributed by atoms with Gasteiger partial charge in [0.25, 0.3) is 5.56 Å². The van der Waals surface area contributed by atoms with Crippen LogP contribution in [-0.4, -0.2) is 4.98 Å². The predicted octanol–water partition coefficient (Wildman–Crippen LogP) is 0.558. The van der Waals surface area contributed by atoms with Gasteiger partial charge in [-0.15, -0.1) is 0 Å². The number of H-pyrrole nitrogens is 1. The summed E-state index contributed by atoms with van der Waals surface area (Å²) in [7, 11) is 0. The summed E-state index contributed by atoms with van der Waals surface area (Å²) in [6.45, 7) is 0. The van der Waals surface area contributed by atoms with E-state index in [0.717, 1.165) is 0 Å². The number of nitrogen functional groups attached to an aromatic ring is 2. The third-order valence-corrected chi connectivity index (χ3v) is 1.41. The van der Waals surface area contributed by atoms with Gasteiger partial charge in [-0.3, -0.25) is 4.79 Å². The van der Waals surface area contributed by atoms with E-state index in [2.05, 4.69) is 0 Å². The van der Waals surface area contributed by atoms with Gasteiger partial charge >= 0.3 is 6.18 Å². The number of aromatic nitrogens is 1. The summed E-state index contributed by atoms with van der Waals surface area (Å²) < 4.78 is 36.0. The lowest BCUT2D eigenvalue weighted by atomic mass is 10.3. The van der Waals surface area contributed by atoms with Crippen molar-refractivity contribution in [2.75, 3.05) is 11.5 Å². The molecule has 0 spiro atoms. The zero-order valence-electron chi connectivity index (χ0n) is 6.27. The highest BCUT2D eigenvalue weighted by molar-refractivity contribution is 5.61. The molecule has 4 nitrogen and oxygen atoms in total. The summed E-state index contributed by atoms with van der Waals surface area (Å²) >= 11 is 0. The van der Waals surface area contributed by atoms with E-state index >= 15 is 0 Å². The monoisotopic (exact) mass is 193 g/mol. The van der Waals surface area contributed by atoms with Crippen molar-refractivity contribution in [1.82, 2.24) is 4.98 Å². The maximum atomic E-state index is 12.0. The normalized spacial score (nSPS) is 11.6. The van der Waals surface area contributed by atoms with Gasteiger partial charge in [0, 0.05) is 0 Å². The van der Waals surface area contributed by atoms with Crippen molar-refractivity contribution in [3.63, 3.8) is 0 Å². The maximum Gasteiger partial charge on any atom is 0.431 e. The molecule has 0 bridgehead atoms. The minimum absolute atomic E-state index is 0.379. The van der Waals surface area contributed by atoms with Crippen molar-refractivity contribution in [3.05, 3.63) is 22.1 Å². The summed E-state index contributed by atoms with van der Waals surface area (Å²) in [5.74, 6) is 0. The lowest BCUT2D eigenvalue weighted by Gasteiger charge is -2.07. The average molecular weight is 193 g/mol. The molecule has 0 unspecified atom stereocenters. The Bertz CT molecular complexity index is 382. The summed E-state index contributed by atoms with van der Waals surface area (Å²) in [6.07, 6.45) is -4.62. The molecule has 1 aromatic rings. The van der Waals surface area contributed by atoms with Gasteiger partial charge in [0.1, 0.15) is 11.4 Å². The smallest absolute Gasteiger partial charge is 0.397 e. The molecule has 0 saturated heterocycles. The number of hydrogen-bond acceptors (Lipinski definition) is 3. The standard InChI is InChI=1S/C6H6F3N3O/c7-6(8,9)3-1-2(10)4(11)5(13)12-3/h1H,11H2,(H3,10,12,13). The van der Waals surface area contributed by atoms with Crippen molar-refractivity contribution in [1.29, 1.82) is 0 Å². The third kappa shape index (κ3) is 1.74. The van der Waals surface area contributed by atoms with Gasteiger partial charge in [-0.1, -0.05) is 0 Å². The molecule has 1 aromatic heterocycles. The Kier molecular flexibility index (Phi) is 1.94. The first-order valence-corrected chi connectivity index (χ1v) is 3.18. The summed E-state index contributed by atoms with van der Waals surface area (Å²) in [5, 5.41) is 0. The largest absolute Gasteiger partial charge is 0.431 e. The number of alkyl halides is 3. The number of halogens is 3. The number of hydrogen-bond donors (Lipinski definition) is 3. The second-order valence-electron chi connectivity index (χ2n) is 2.38. The van der Waals surface area contributed by atoms with Crippen molar-refractivity contribution in [2.45, 2.75) is 6.18 Å². The third-order valence-electron chi connectivity index (χ3n) is 1.41.